The average molecular weight is 415 g/mol. The van der Waals surface area contributed by atoms with Crippen molar-refractivity contribution in [3.8, 4) is 28.0 Å². The Morgan fingerprint density at radius 2 is 1.83 bits per heavy atom. The van der Waals surface area contributed by atoms with E-state index in [4.69, 9.17) is 4.42 Å². The minimum absolute atomic E-state index is 0.581. The van der Waals surface area contributed by atoms with Gasteiger partial charge < -0.3 is 4.42 Å². The predicted molar refractivity (Wildman–Crippen MR) is 119 cm³/mol. The Bertz CT molecular complexity index is 1130. The number of aromatic nitrogens is 2. The second-order valence-corrected chi connectivity index (χ2v) is 7.99. The largest absolute Gasteiger partial charge is 0.419 e. The van der Waals surface area contributed by atoms with Crippen molar-refractivity contribution in [3.05, 3.63) is 83.1 Å². The van der Waals surface area contributed by atoms with Crippen LogP contribution in [0.3, 0.4) is 0 Å². The molecule has 0 amide bonds. The van der Waals surface area contributed by atoms with E-state index in [9.17, 15) is 5.26 Å². The quantitative estimate of drug-likeness (QED) is 0.367. The zero-order valence-electron chi connectivity index (χ0n) is 16.8. The molecule has 0 atom stereocenters. The van der Waals surface area contributed by atoms with Crippen LogP contribution in [0.1, 0.15) is 30.4 Å². The molecule has 150 valence electrons. The van der Waals surface area contributed by atoms with Crippen LogP contribution in [0.2, 0.25) is 0 Å². The smallest absolute Gasteiger partial charge is 0.257 e. The van der Waals surface area contributed by atoms with E-state index in [-0.39, 0.29) is 0 Å². The van der Waals surface area contributed by atoms with Crippen LogP contribution in [0, 0.1) is 11.3 Å². The predicted octanol–water partition coefficient (Wildman–Crippen LogP) is 5.75. The zero-order chi connectivity index (χ0) is 20.8. The highest BCUT2D eigenvalue weighted by atomic mass is 32.1. The second-order valence-electron chi connectivity index (χ2n) is 7.04. The van der Waals surface area contributed by atoms with Gasteiger partial charge in [-0.15, -0.1) is 21.5 Å². The first-order valence-electron chi connectivity index (χ1n) is 9.94. The monoisotopic (exact) mass is 414 g/mol. The van der Waals surface area contributed by atoms with Gasteiger partial charge in [0.25, 0.3) is 5.89 Å². The lowest BCUT2D eigenvalue weighted by Gasteiger charge is -2.20. The fourth-order valence-corrected chi connectivity index (χ4v) is 4.06. The van der Waals surface area contributed by atoms with Gasteiger partial charge in [-0.1, -0.05) is 55.5 Å². The van der Waals surface area contributed by atoms with Crippen LogP contribution in [0.5, 0.6) is 0 Å². The van der Waals surface area contributed by atoms with Crippen molar-refractivity contribution in [2.45, 2.75) is 26.4 Å². The molecule has 4 aromatic rings. The Balaban J connectivity index is 1.46. The molecule has 0 saturated heterocycles. The molecule has 6 heteroatoms. The van der Waals surface area contributed by atoms with Gasteiger partial charge in [-0.25, -0.2) is 0 Å². The summed E-state index contributed by atoms with van der Waals surface area (Å²) in [6.07, 6.45) is 1.04. The molecule has 2 aromatic carbocycles. The highest BCUT2D eigenvalue weighted by molar-refractivity contribution is 7.13. The van der Waals surface area contributed by atoms with Gasteiger partial charge in [0.2, 0.25) is 5.89 Å². The topological polar surface area (TPSA) is 66.0 Å². The molecule has 2 aromatic heterocycles. The van der Waals surface area contributed by atoms with Crippen molar-refractivity contribution >= 4 is 11.3 Å². The number of rotatable bonds is 8. The fraction of sp³-hybridized carbons (Fsp3) is 0.208. The van der Waals surface area contributed by atoms with Gasteiger partial charge >= 0.3 is 0 Å². The summed E-state index contributed by atoms with van der Waals surface area (Å²) in [5.41, 5.74) is 3.91. The van der Waals surface area contributed by atoms with E-state index >= 15 is 0 Å². The molecular formula is C24H22N4OS. The van der Waals surface area contributed by atoms with Crippen molar-refractivity contribution in [1.82, 2.24) is 15.1 Å². The third-order valence-electron chi connectivity index (χ3n) is 4.82. The normalized spacial score (nSPS) is 11.0. The van der Waals surface area contributed by atoms with Crippen molar-refractivity contribution in [2.75, 3.05) is 6.54 Å². The standard InChI is InChI=1S/C24H22N4OS/c1-2-13-28(17-23-26-27-24(29-23)22-8-5-14-30-22)16-18-9-11-19(12-10-18)21-7-4-3-6-20(21)15-25/h3-12,14H,2,13,16-17H2,1H3. The molecule has 0 aliphatic heterocycles. The van der Waals surface area contributed by atoms with Crippen LogP contribution in [-0.4, -0.2) is 21.6 Å². The molecule has 0 aliphatic rings. The molecule has 0 bridgehead atoms. The summed E-state index contributed by atoms with van der Waals surface area (Å²) in [6.45, 7) is 4.52. The Kier molecular flexibility index (Phi) is 6.33. The Hall–Kier alpha value is -3.27. The maximum Gasteiger partial charge on any atom is 0.257 e. The maximum atomic E-state index is 9.34. The summed E-state index contributed by atoms with van der Waals surface area (Å²) in [6, 6.07) is 22.3. The third kappa shape index (κ3) is 4.65. The van der Waals surface area contributed by atoms with Crippen LogP contribution in [0.25, 0.3) is 21.9 Å². The van der Waals surface area contributed by atoms with Gasteiger partial charge in [-0.05, 0) is 47.2 Å². The Morgan fingerprint density at radius 1 is 1.00 bits per heavy atom. The van der Waals surface area contributed by atoms with Gasteiger partial charge in [0, 0.05) is 6.54 Å². The lowest BCUT2D eigenvalue weighted by Crippen LogP contribution is -2.23. The molecule has 0 spiro atoms. The molecule has 0 saturated carbocycles. The van der Waals surface area contributed by atoms with Gasteiger partial charge in [0.15, 0.2) is 0 Å². The third-order valence-corrected chi connectivity index (χ3v) is 5.67. The van der Waals surface area contributed by atoms with E-state index in [0.717, 1.165) is 35.5 Å². The molecule has 0 fully saturated rings. The van der Waals surface area contributed by atoms with Crippen LogP contribution >= 0.6 is 11.3 Å². The number of hydrogen-bond acceptors (Lipinski definition) is 6. The van der Waals surface area contributed by atoms with Crippen molar-refractivity contribution in [3.63, 3.8) is 0 Å². The van der Waals surface area contributed by atoms with Crippen LogP contribution in [0.4, 0.5) is 0 Å². The number of nitrogens with zero attached hydrogens (tertiary/aromatic N) is 4. The van der Waals surface area contributed by atoms with E-state index in [1.54, 1.807) is 11.3 Å². The Labute approximate surface area is 180 Å². The highest BCUT2D eigenvalue weighted by Crippen LogP contribution is 2.25. The number of hydrogen-bond donors (Lipinski definition) is 0. The summed E-state index contributed by atoms with van der Waals surface area (Å²) in [7, 11) is 0. The minimum atomic E-state index is 0.581. The first-order valence-corrected chi connectivity index (χ1v) is 10.8. The second kappa shape index (κ2) is 9.49. The van der Waals surface area contributed by atoms with E-state index in [1.165, 1.54) is 5.56 Å². The van der Waals surface area contributed by atoms with Crippen LogP contribution in [0.15, 0.2) is 70.5 Å². The number of thiophene rings is 1. The first-order chi connectivity index (χ1) is 14.8. The van der Waals surface area contributed by atoms with Crippen molar-refractivity contribution in [2.24, 2.45) is 0 Å². The van der Waals surface area contributed by atoms with E-state index in [1.807, 2.05) is 41.8 Å². The lowest BCUT2D eigenvalue weighted by atomic mass is 9.99. The number of benzene rings is 2. The Morgan fingerprint density at radius 3 is 2.57 bits per heavy atom. The minimum Gasteiger partial charge on any atom is -0.419 e. The van der Waals surface area contributed by atoms with Gasteiger partial charge in [-0.3, -0.25) is 4.90 Å². The van der Waals surface area contributed by atoms with Gasteiger partial charge in [0.05, 0.1) is 23.1 Å². The summed E-state index contributed by atoms with van der Waals surface area (Å²) in [4.78, 5) is 3.30. The van der Waals surface area contributed by atoms with Gasteiger partial charge in [0.1, 0.15) is 0 Å². The molecular weight excluding hydrogens is 392 g/mol. The summed E-state index contributed by atoms with van der Waals surface area (Å²) in [5.74, 6) is 1.21. The lowest BCUT2D eigenvalue weighted by molar-refractivity contribution is 0.232. The van der Waals surface area contributed by atoms with E-state index < -0.39 is 0 Å². The molecule has 0 N–H and O–H groups in total. The summed E-state index contributed by atoms with van der Waals surface area (Å²) in [5, 5.41) is 19.7. The molecule has 0 aliphatic carbocycles. The molecule has 30 heavy (non-hydrogen) atoms. The SMILES string of the molecule is CCCN(Cc1ccc(-c2ccccc2C#N)cc1)Cc1nnc(-c2cccs2)o1. The average Bonchev–Trinajstić information content (AvgIpc) is 3.46. The summed E-state index contributed by atoms with van der Waals surface area (Å²) < 4.78 is 5.86. The molecule has 5 nitrogen and oxygen atoms in total. The van der Waals surface area contributed by atoms with Crippen LogP contribution < -0.4 is 0 Å². The first kappa shape index (κ1) is 20.0. The molecule has 2 heterocycles. The van der Waals surface area contributed by atoms with Crippen LogP contribution in [-0.2, 0) is 13.1 Å². The summed E-state index contributed by atoms with van der Waals surface area (Å²) >= 11 is 1.59. The number of nitriles is 1. The van der Waals surface area contributed by atoms with Crippen molar-refractivity contribution < 1.29 is 4.42 Å². The molecule has 4 rings (SSSR count). The molecule has 0 radical (unpaired) electrons. The highest BCUT2D eigenvalue weighted by Gasteiger charge is 2.14. The van der Waals surface area contributed by atoms with Crippen molar-refractivity contribution in [1.29, 1.82) is 5.26 Å². The van der Waals surface area contributed by atoms with E-state index in [0.29, 0.717) is 23.9 Å². The molecule has 0 unspecified atom stereocenters. The zero-order valence-corrected chi connectivity index (χ0v) is 17.6. The maximum absolute atomic E-state index is 9.34. The van der Waals surface area contributed by atoms with Gasteiger partial charge in [-0.2, -0.15) is 5.26 Å². The fourth-order valence-electron chi connectivity index (χ4n) is 3.42. The van der Waals surface area contributed by atoms with E-state index in [2.05, 4.69) is 52.4 Å².